The molecule has 7 aliphatic rings. The third-order valence-corrected chi connectivity index (χ3v) is 23.8. The number of aromatic carboxylic acids is 1. The van der Waals surface area contributed by atoms with E-state index < -0.39 is 126 Å². The summed E-state index contributed by atoms with van der Waals surface area (Å²) in [6.45, 7) is 11.6. The summed E-state index contributed by atoms with van der Waals surface area (Å²) in [7, 11) is 0. The van der Waals surface area contributed by atoms with Gasteiger partial charge in [0.15, 0.2) is 16.9 Å². The molecular formula is C76H92N12O18S2. The van der Waals surface area contributed by atoms with Gasteiger partial charge in [0.05, 0.1) is 40.0 Å². The van der Waals surface area contributed by atoms with Gasteiger partial charge in [-0.05, 0) is 165 Å². The van der Waals surface area contributed by atoms with Gasteiger partial charge in [-0.25, -0.2) is 24.4 Å². The number of fused-ring (bicyclic) bond motifs is 2. The zero-order chi connectivity index (χ0) is 77.5. The number of aromatic nitrogens is 4. The number of nitrogens with zero attached hydrogens (tertiary/aromatic N) is 7. The van der Waals surface area contributed by atoms with E-state index in [1.165, 1.54) is 47.1 Å². The number of hydrogen-bond donors (Lipinski definition) is 10. The molecule has 6 fully saturated rings. The number of anilines is 3. The zero-order valence-corrected chi connectivity index (χ0v) is 62.8. The fourth-order valence-electron chi connectivity index (χ4n) is 17.9. The van der Waals surface area contributed by atoms with Gasteiger partial charge < -0.3 is 71.2 Å². The highest BCUT2D eigenvalue weighted by Crippen LogP contribution is 2.72. The molecule has 6 heterocycles. The molecule has 30 nitrogen and oxygen atoms in total. The highest BCUT2D eigenvalue weighted by molar-refractivity contribution is 8.00. The Labute approximate surface area is 631 Å². The molecule has 3 aliphatic heterocycles. The molecule has 0 spiro atoms. The lowest BCUT2D eigenvalue weighted by Crippen LogP contribution is -2.64. The van der Waals surface area contributed by atoms with Crippen LogP contribution in [0.1, 0.15) is 141 Å². The fraction of sp³-hybridized carbons (Fsp3) is 0.513. The van der Waals surface area contributed by atoms with Gasteiger partial charge in [0, 0.05) is 73.6 Å². The lowest BCUT2D eigenvalue weighted by Gasteiger charge is -2.69. The SMILES string of the molecule is CSC1CC(=O)N(CC(=O)N[C@H](C(=O)N[C@@H](C)C(=O)Nc2ccc(COC(=O)N(CCOC34CC5(C)CC(C)(CC(Cn6ncc(-c7ccc(N8CCc9cccc(C(=O)Nc%10nc%11ccccc%11s%10)c9C8)nc7C(=O)O)c6C)(C5)C3)C4)CCC(N)=O)c(CC[C@@H]3O[C@H](C(=O)O)[C@@H](O)[C@H](O)[C@H]3O)c2)C(C)C)C1=O. The summed E-state index contributed by atoms with van der Waals surface area (Å²) in [6, 6.07) is 19.1. The molecule has 4 saturated carbocycles. The Hall–Kier alpha value is -9.44. The van der Waals surface area contributed by atoms with Gasteiger partial charge in [-0.3, -0.25) is 48.5 Å². The Morgan fingerprint density at radius 2 is 1.58 bits per heavy atom. The summed E-state index contributed by atoms with van der Waals surface area (Å²) >= 11 is 2.59. The number of likely N-dealkylation sites (tertiary alicyclic amines) is 1. The van der Waals surface area contributed by atoms with Crippen molar-refractivity contribution in [1.29, 1.82) is 0 Å². The topological polar surface area (TPSA) is 427 Å². The van der Waals surface area contributed by atoms with Crippen LogP contribution in [0.15, 0.2) is 79.0 Å². The molecule has 0 radical (unpaired) electrons. The van der Waals surface area contributed by atoms with Crippen LogP contribution in [0.3, 0.4) is 0 Å². The lowest BCUT2D eigenvalue weighted by atomic mass is 9.39. The first-order valence-electron chi connectivity index (χ1n) is 36.2. The molecule has 3 aromatic heterocycles. The first-order valence-corrected chi connectivity index (χ1v) is 38.3. The van der Waals surface area contributed by atoms with Crippen molar-refractivity contribution in [1.82, 2.24) is 40.2 Å². The molecular weight excluding hydrogens is 1430 g/mol. The summed E-state index contributed by atoms with van der Waals surface area (Å²) in [5, 5.41) is 68.4. The third-order valence-electron chi connectivity index (χ3n) is 21.9. The van der Waals surface area contributed by atoms with E-state index in [0.717, 1.165) is 64.0 Å². The number of benzene rings is 3. The van der Waals surface area contributed by atoms with Crippen molar-refractivity contribution in [2.45, 2.75) is 185 Å². The zero-order valence-electron chi connectivity index (χ0n) is 61.2. The standard InChI is InChI=1S/C76H92N12O18S2/c1-40(2)59(83-57(90)31-87-58(91)28-54(107-7)68(87)98)67(97)79-41(3)65(95)80-46-17-15-45(44(27-46)16-19-52-61(92)62(93)63(94)64(106-52)70(101)102)32-104-72(103)85(24-22-55(77)89)25-26-105-76-36-73(5)33-74(6,37-76)35-75(34-73,38-76)39-88-42(4)49(29-78-88)47-18-20-56(82-60(47)69(99)100)86-23-21-43-11-10-12-48(50(43)30-86)66(96)84-71-81-51-13-8-9-14-53(51)108-71/h8-15,17-18,20,27,29,40-41,52,54,59,61-64,92-94H,16,19,21-26,28,30-39H2,1-7H3,(H2,77,89)(H,79,97)(H,80,95)(H,83,90)(H,99,100)(H,101,102)(H,81,84,96)/t41-,52-,54?,59-,61-,62+,63-,64-,73?,74?,75?,76?/m0/s1. The van der Waals surface area contributed by atoms with Crippen molar-refractivity contribution in [3.8, 4) is 11.1 Å². The van der Waals surface area contributed by atoms with E-state index in [9.17, 15) is 73.5 Å². The van der Waals surface area contributed by atoms with E-state index >= 15 is 0 Å². The summed E-state index contributed by atoms with van der Waals surface area (Å²) in [5.74, 6) is -6.98. The maximum Gasteiger partial charge on any atom is 0.410 e. The van der Waals surface area contributed by atoms with Crippen LogP contribution in [-0.4, -0.2) is 207 Å². The molecule has 32 heteroatoms. The number of carboxylic acids is 2. The highest BCUT2D eigenvalue weighted by atomic mass is 32.2. The van der Waals surface area contributed by atoms with Gasteiger partial charge >= 0.3 is 18.0 Å². The number of nitrogens with one attached hydrogen (secondary N) is 4. The second kappa shape index (κ2) is 31.6. The number of para-hydroxylation sites is 1. The predicted molar refractivity (Wildman–Crippen MR) is 397 cm³/mol. The van der Waals surface area contributed by atoms with Gasteiger partial charge in [0.25, 0.3) is 5.91 Å². The molecule has 8 amide bonds. The number of amides is 8. The minimum absolute atomic E-state index is 0.00425. The van der Waals surface area contributed by atoms with Crippen LogP contribution in [-0.2, 0) is 80.3 Å². The number of thioether (sulfide) groups is 1. The van der Waals surface area contributed by atoms with Gasteiger partial charge in [-0.15, -0.1) is 0 Å². The van der Waals surface area contributed by atoms with Gasteiger partial charge in [-0.2, -0.15) is 16.9 Å². The fourth-order valence-corrected chi connectivity index (χ4v) is 19.4. The molecule has 576 valence electrons. The monoisotopic (exact) mass is 1520 g/mol. The van der Waals surface area contributed by atoms with E-state index in [4.69, 9.17) is 30.0 Å². The Morgan fingerprint density at radius 3 is 2.28 bits per heavy atom. The van der Waals surface area contributed by atoms with Crippen LogP contribution in [0.4, 0.5) is 21.4 Å². The summed E-state index contributed by atoms with van der Waals surface area (Å²) < 4.78 is 21.6. The predicted octanol–water partition coefficient (Wildman–Crippen LogP) is 5.97. The number of aryl methyl sites for hydroxylation is 1. The minimum atomic E-state index is -1.94. The van der Waals surface area contributed by atoms with E-state index in [2.05, 4.69) is 40.1 Å². The van der Waals surface area contributed by atoms with Crippen LogP contribution in [0, 0.1) is 29.1 Å². The second-order valence-electron chi connectivity index (χ2n) is 30.9. The quantitative estimate of drug-likeness (QED) is 0.0242. The number of rotatable bonds is 29. The average Bonchev–Trinajstić information content (AvgIpc) is 0.754. The van der Waals surface area contributed by atoms with E-state index in [0.29, 0.717) is 71.2 Å². The third kappa shape index (κ3) is 16.9. The number of primary amides is 1. The molecule has 4 aliphatic carbocycles. The number of hydrogen-bond acceptors (Lipinski definition) is 22. The molecule has 2 saturated heterocycles. The lowest BCUT2D eigenvalue weighted by molar-refractivity contribution is -0.248. The van der Waals surface area contributed by atoms with Crippen molar-refractivity contribution in [2.24, 2.45) is 27.9 Å². The number of aliphatic hydroxyl groups excluding tert-OH is 3. The maximum absolute atomic E-state index is 14.4. The number of pyridine rings is 1. The molecule has 108 heavy (non-hydrogen) atoms. The van der Waals surface area contributed by atoms with Crippen LogP contribution in [0.25, 0.3) is 21.3 Å². The number of ether oxygens (including phenoxy) is 3. The number of carbonyl (C=O) groups excluding carboxylic acids is 8. The van der Waals surface area contributed by atoms with E-state index in [1.54, 1.807) is 44.5 Å². The second-order valence-corrected chi connectivity index (χ2v) is 33.0. The summed E-state index contributed by atoms with van der Waals surface area (Å²) in [4.78, 5) is 145. The largest absolute Gasteiger partial charge is 0.479 e. The van der Waals surface area contributed by atoms with Gasteiger partial charge in [0.1, 0.15) is 49.4 Å². The highest BCUT2D eigenvalue weighted by Gasteiger charge is 2.66. The van der Waals surface area contributed by atoms with Crippen molar-refractivity contribution >= 4 is 109 Å². The molecule has 4 bridgehead atoms. The normalized spacial score (nSPS) is 25.5. The molecule has 3 aromatic carbocycles. The molecule has 11 N–H and O–H groups in total. The van der Waals surface area contributed by atoms with Crippen LogP contribution >= 0.6 is 23.1 Å². The van der Waals surface area contributed by atoms with Crippen molar-refractivity contribution < 1.29 is 87.7 Å². The number of carboxylic acid groups (broad SMARTS) is 2. The first kappa shape index (κ1) is 78.2. The van der Waals surface area contributed by atoms with Crippen LogP contribution in [0.5, 0.6) is 0 Å². The van der Waals surface area contributed by atoms with Crippen LogP contribution < -0.4 is 31.9 Å². The number of carbonyl (C=O) groups is 10. The van der Waals surface area contributed by atoms with Gasteiger partial charge in [0.2, 0.25) is 35.4 Å². The summed E-state index contributed by atoms with van der Waals surface area (Å²) in [6.07, 6.45) is -1.11. The van der Waals surface area contributed by atoms with Crippen molar-refractivity contribution in [3.05, 3.63) is 118 Å². The number of nitrogens with two attached hydrogens (primary N) is 1. The van der Waals surface area contributed by atoms with Gasteiger partial charge in [-0.1, -0.05) is 69.4 Å². The summed E-state index contributed by atoms with van der Waals surface area (Å²) in [5.41, 5.74) is 10.2. The Morgan fingerprint density at radius 1 is 0.833 bits per heavy atom. The smallest absolute Gasteiger partial charge is 0.410 e. The van der Waals surface area contributed by atoms with E-state index in [1.807, 2.05) is 59.0 Å². The van der Waals surface area contributed by atoms with Crippen molar-refractivity contribution in [2.75, 3.05) is 54.6 Å². The number of aliphatic hydroxyl groups is 3. The minimum Gasteiger partial charge on any atom is -0.479 e. The average molecular weight is 1530 g/mol. The Bertz CT molecular complexity index is 4480. The maximum atomic E-state index is 14.4. The Kier molecular flexibility index (Phi) is 22.9. The van der Waals surface area contributed by atoms with Crippen molar-refractivity contribution in [3.63, 3.8) is 0 Å². The molecule has 3 unspecified atom stereocenters. The first-order chi connectivity index (χ1) is 51.2. The molecule has 6 aromatic rings. The molecule has 10 atom stereocenters. The number of aliphatic carboxylic acids is 1. The van der Waals surface area contributed by atoms with E-state index in [-0.39, 0.29) is 78.9 Å². The molecule has 13 rings (SSSR count). The Balaban J connectivity index is 0.707. The number of thiazole rings is 1. The van der Waals surface area contributed by atoms with Crippen LogP contribution in [0.2, 0.25) is 0 Å². The number of imide groups is 1.